The Balaban J connectivity index is 0.000000351. The Morgan fingerprint density at radius 1 is 1.28 bits per heavy atom. The lowest BCUT2D eigenvalue weighted by atomic mass is 10.1. The van der Waals surface area contributed by atoms with Crippen LogP contribution in [0.3, 0.4) is 0 Å². The second kappa shape index (κ2) is 10.7. The van der Waals surface area contributed by atoms with E-state index in [9.17, 15) is 4.79 Å². The SMILES string of the molecule is CCOC(=O)C(CO)CCO.Cc1ccccc1. The van der Waals surface area contributed by atoms with Crippen LogP contribution in [0.5, 0.6) is 0 Å². The maximum absolute atomic E-state index is 10.9. The molecule has 1 unspecified atom stereocenters. The van der Waals surface area contributed by atoms with E-state index in [1.807, 2.05) is 18.2 Å². The predicted octanol–water partition coefficient (Wildman–Crippen LogP) is 1.54. The first-order valence-corrected chi connectivity index (χ1v) is 6.05. The van der Waals surface area contributed by atoms with E-state index in [1.54, 1.807) is 6.92 Å². The van der Waals surface area contributed by atoms with Crippen LogP contribution in [-0.4, -0.2) is 36.0 Å². The molecule has 1 atom stereocenters. The summed E-state index contributed by atoms with van der Waals surface area (Å²) in [6, 6.07) is 10.3. The van der Waals surface area contributed by atoms with Crippen molar-refractivity contribution in [2.45, 2.75) is 20.3 Å². The molecule has 102 valence electrons. The number of rotatable bonds is 5. The molecule has 0 heterocycles. The van der Waals surface area contributed by atoms with Crippen LogP contribution in [0.25, 0.3) is 0 Å². The number of benzene rings is 1. The number of aliphatic hydroxyl groups is 2. The van der Waals surface area contributed by atoms with Crippen LogP contribution in [0.15, 0.2) is 30.3 Å². The van der Waals surface area contributed by atoms with Gasteiger partial charge in [-0.05, 0) is 20.3 Å². The summed E-state index contributed by atoms with van der Waals surface area (Å²) in [4.78, 5) is 10.9. The minimum absolute atomic E-state index is 0.107. The third-order valence-electron chi connectivity index (χ3n) is 2.26. The van der Waals surface area contributed by atoms with Crippen molar-refractivity contribution in [3.8, 4) is 0 Å². The lowest BCUT2D eigenvalue weighted by Crippen LogP contribution is -2.22. The topological polar surface area (TPSA) is 66.8 Å². The highest BCUT2D eigenvalue weighted by molar-refractivity contribution is 5.72. The lowest BCUT2D eigenvalue weighted by Gasteiger charge is -2.10. The minimum Gasteiger partial charge on any atom is -0.466 e. The average Bonchev–Trinajstić information content (AvgIpc) is 2.38. The normalized spacial score (nSPS) is 11.1. The Morgan fingerprint density at radius 3 is 2.22 bits per heavy atom. The molecule has 0 aliphatic heterocycles. The molecule has 0 bridgehead atoms. The third-order valence-corrected chi connectivity index (χ3v) is 2.26. The molecule has 0 aromatic heterocycles. The van der Waals surface area contributed by atoms with Crippen LogP contribution in [0.1, 0.15) is 18.9 Å². The minimum atomic E-state index is -0.569. The number of aryl methyl sites for hydroxylation is 1. The van der Waals surface area contributed by atoms with Crippen LogP contribution in [0, 0.1) is 12.8 Å². The zero-order valence-corrected chi connectivity index (χ0v) is 11.0. The van der Waals surface area contributed by atoms with Crippen molar-refractivity contribution in [3.05, 3.63) is 35.9 Å². The first-order valence-electron chi connectivity index (χ1n) is 6.05. The van der Waals surface area contributed by atoms with E-state index in [0.29, 0.717) is 6.61 Å². The molecular weight excluding hydrogens is 232 g/mol. The van der Waals surface area contributed by atoms with Crippen molar-refractivity contribution < 1.29 is 19.7 Å². The lowest BCUT2D eigenvalue weighted by molar-refractivity contribution is -0.150. The molecule has 0 fully saturated rings. The molecule has 18 heavy (non-hydrogen) atoms. The summed E-state index contributed by atoms with van der Waals surface area (Å²) >= 11 is 0. The van der Waals surface area contributed by atoms with Gasteiger partial charge in [0, 0.05) is 6.61 Å². The molecule has 2 N–H and O–H groups in total. The van der Waals surface area contributed by atoms with Crippen LogP contribution >= 0.6 is 0 Å². The molecule has 0 amide bonds. The number of esters is 1. The number of carbonyl (C=O) groups excluding carboxylic acids is 1. The van der Waals surface area contributed by atoms with Gasteiger partial charge in [-0.2, -0.15) is 0 Å². The van der Waals surface area contributed by atoms with Crippen LogP contribution < -0.4 is 0 Å². The van der Waals surface area contributed by atoms with Crippen molar-refractivity contribution in [2.75, 3.05) is 19.8 Å². The summed E-state index contributed by atoms with van der Waals surface area (Å²) < 4.78 is 4.64. The zero-order chi connectivity index (χ0) is 13.8. The maximum Gasteiger partial charge on any atom is 0.311 e. The molecule has 0 spiro atoms. The molecule has 0 aliphatic carbocycles. The number of ether oxygens (including phenoxy) is 1. The smallest absolute Gasteiger partial charge is 0.311 e. The number of hydrogen-bond donors (Lipinski definition) is 2. The molecule has 0 radical (unpaired) electrons. The summed E-state index contributed by atoms with van der Waals surface area (Å²) in [7, 11) is 0. The molecule has 1 aromatic rings. The van der Waals surface area contributed by atoms with Crippen molar-refractivity contribution in [1.29, 1.82) is 0 Å². The van der Waals surface area contributed by atoms with Gasteiger partial charge in [-0.15, -0.1) is 0 Å². The Bertz CT molecular complexity index is 311. The number of hydrogen-bond acceptors (Lipinski definition) is 4. The van der Waals surface area contributed by atoms with E-state index in [2.05, 4.69) is 23.8 Å². The van der Waals surface area contributed by atoms with E-state index in [0.717, 1.165) is 0 Å². The zero-order valence-electron chi connectivity index (χ0n) is 11.0. The Kier molecular flexibility index (Phi) is 9.91. The fourth-order valence-electron chi connectivity index (χ4n) is 1.23. The van der Waals surface area contributed by atoms with Crippen molar-refractivity contribution in [1.82, 2.24) is 0 Å². The quantitative estimate of drug-likeness (QED) is 0.782. The molecule has 0 saturated carbocycles. The standard InChI is InChI=1S/C7H14O4.C7H8/c1-2-11-7(10)6(5-9)3-4-8;1-7-5-3-2-4-6-7/h6,8-9H,2-5H2,1H3;2-6H,1H3. The third kappa shape index (κ3) is 7.81. The van der Waals surface area contributed by atoms with Gasteiger partial charge in [0.2, 0.25) is 0 Å². The highest BCUT2D eigenvalue weighted by Crippen LogP contribution is 2.03. The first-order chi connectivity index (χ1) is 8.65. The molecule has 4 nitrogen and oxygen atoms in total. The Morgan fingerprint density at radius 2 is 1.89 bits per heavy atom. The largest absolute Gasteiger partial charge is 0.466 e. The Hall–Kier alpha value is -1.39. The molecule has 1 rings (SSSR count). The predicted molar refractivity (Wildman–Crippen MR) is 70.1 cm³/mol. The number of carbonyl (C=O) groups is 1. The summed E-state index contributed by atoms with van der Waals surface area (Å²) in [6.07, 6.45) is 0.259. The number of aliphatic hydroxyl groups excluding tert-OH is 2. The van der Waals surface area contributed by atoms with Gasteiger partial charge in [0.1, 0.15) is 0 Å². The van der Waals surface area contributed by atoms with E-state index < -0.39 is 11.9 Å². The monoisotopic (exact) mass is 254 g/mol. The molecular formula is C14H22O4. The van der Waals surface area contributed by atoms with Crippen LogP contribution in [0.4, 0.5) is 0 Å². The second-order valence-corrected chi connectivity index (χ2v) is 3.80. The van der Waals surface area contributed by atoms with Gasteiger partial charge >= 0.3 is 5.97 Å². The van der Waals surface area contributed by atoms with Crippen LogP contribution in [-0.2, 0) is 9.53 Å². The summed E-state index contributed by atoms with van der Waals surface area (Å²) in [5.74, 6) is -1.01. The van der Waals surface area contributed by atoms with E-state index in [-0.39, 0.29) is 19.6 Å². The van der Waals surface area contributed by atoms with Gasteiger partial charge < -0.3 is 14.9 Å². The average molecular weight is 254 g/mol. The summed E-state index contributed by atoms with van der Waals surface area (Å²) in [5, 5.41) is 17.1. The van der Waals surface area contributed by atoms with Crippen molar-refractivity contribution in [2.24, 2.45) is 5.92 Å². The van der Waals surface area contributed by atoms with Gasteiger partial charge in [0.05, 0.1) is 19.1 Å². The molecule has 4 heteroatoms. The summed E-state index contributed by atoms with van der Waals surface area (Å²) in [5.41, 5.74) is 1.32. The highest BCUT2D eigenvalue weighted by atomic mass is 16.5. The maximum atomic E-state index is 10.9. The second-order valence-electron chi connectivity index (χ2n) is 3.80. The van der Waals surface area contributed by atoms with Crippen molar-refractivity contribution in [3.63, 3.8) is 0 Å². The molecule has 0 saturated heterocycles. The van der Waals surface area contributed by atoms with E-state index in [4.69, 9.17) is 10.2 Å². The van der Waals surface area contributed by atoms with Gasteiger partial charge in [-0.25, -0.2) is 0 Å². The van der Waals surface area contributed by atoms with Crippen LogP contribution in [0.2, 0.25) is 0 Å². The van der Waals surface area contributed by atoms with Gasteiger partial charge in [-0.1, -0.05) is 35.9 Å². The fourth-order valence-corrected chi connectivity index (χ4v) is 1.23. The van der Waals surface area contributed by atoms with Gasteiger partial charge in [0.15, 0.2) is 0 Å². The van der Waals surface area contributed by atoms with Crippen molar-refractivity contribution >= 4 is 5.97 Å². The van der Waals surface area contributed by atoms with Gasteiger partial charge in [-0.3, -0.25) is 4.79 Å². The molecule has 0 aliphatic rings. The Labute approximate surface area is 108 Å². The summed E-state index contributed by atoms with van der Waals surface area (Å²) in [6.45, 7) is 3.72. The van der Waals surface area contributed by atoms with E-state index in [1.165, 1.54) is 5.56 Å². The highest BCUT2D eigenvalue weighted by Gasteiger charge is 2.17. The van der Waals surface area contributed by atoms with Gasteiger partial charge in [0.25, 0.3) is 0 Å². The fraction of sp³-hybridized carbons (Fsp3) is 0.500. The first kappa shape index (κ1) is 16.6. The van der Waals surface area contributed by atoms with E-state index >= 15 is 0 Å². The molecule has 1 aromatic carbocycles.